The Kier molecular flexibility index (Phi) is 7.09. The Morgan fingerprint density at radius 1 is 1.11 bits per heavy atom. The Labute approximate surface area is 219 Å². The molecule has 4 aromatic rings. The number of ether oxygens (including phenoxy) is 2. The lowest BCUT2D eigenvalue weighted by Gasteiger charge is -2.18. The fourth-order valence-corrected chi connectivity index (χ4v) is 4.63. The summed E-state index contributed by atoms with van der Waals surface area (Å²) in [5, 5.41) is 0.936. The minimum absolute atomic E-state index is 0.233. The summed E-state index contributed by atoms with van der Waals surface area (Å²) in [6.45, 7) is 11.1. The van der Waals surface area contributed by atoms with Gasteiger partial charge >= 0.3 is 5.97 Å². The van der Waals surface area contributed by atoms with Crippen LogP contribution in [0.15, 0.2) is 34.7 Å². The SMILES string of the molecule is COc1cc(C(=O)OC(C)C)cc2nc(-c3cc4ccc(C(C)=N[S+]([O-])C(C)(C)C)nc4n3C)n(C)c12. The first kappa shape index (κ1) is 26.7. The summed E-state index contributed by atoms with van der Waals surface area (Å²) in [7, 11) is 5.41. The number of benzene rings is 1. The first-order valence-electron chi connectivity index (χ1n) is 12.0. The number of hydrogen-bond donors (Lipinski definition) is 0. The first-order valence-corrected chi connectivity index (χ1v) is 13.1. The predicted octanol–water partition coefficient (Wildman–Crippen LogP) is 4.97. The van der Waals surface area contributed by atoms with Crippen molar-refractivity contribution >= 4 is 45.1 Å². The van der Waals surface area contributed by atoms with Gasteiger partial charge < -0.3 is 23.2 Å². The van der Waals surface area contributed by atoms with Gasteiger partial charge in [-0.05, 0) is 71.9 Å². The van der Waals surface area contributed by atoms with Gasteiger partial charge in [0.25, 0.3) is 0 Å². The second-order valence-electron chi connectivity index (χ2n) is 10.2. The number of carbonyl (C=O) groups is 1. The van der Waals surface area contributed by atoms with Gasteiger partial charge in [0.1, 0.15) is 38.7 Å². The molecular formula is C27H33N5O4S. The molecule has 37 heavy (non-hydrogen) atoms. The van der Waals surface area contributed by atoms with Crippen molar-refractivity contribution in [1.82, 2.24) is 19.1 Å². The Morgan fingerprint density at radius 2 is 1.81 bits per heavy atom. The van der Waals surface area contributed by atoms with Gasteiger partial charge in [-0.1, -0.05) is 4.40 Å². The number of fused-ring (bicyclic) bond motifs is 2. The summed E-state index contributed by atoms with van der Waals surface area (Å²) >= 11 is -1.37. The zero-order valence-electron chi connectivity index (χ0n) is 22.7. The summed E-state index contributed by atoms with van der Waals surface area (Å²) < 4.78 is 31.3. The number of imidazole rings is 1. The van der Waals surface area contributed by atoms with Crippen molar-refractivity contribution in [1.29, 1.82) is 0 Å². The van der Waals surface area contributed by atoms with E-state index in [1.165, 1.54) is 0 Å². The normalized spacial score (nSPS) is 13.5. The van der Waals surface area contributed by atoms with E-state index in [4.69, 9.17) is 19.4 Å². The van der Waals surface area contributed by atoms with Crippen LogP contribution in [0.1, 0.15) is 57.6 Å². The van der Waals surface area contributed by atoms with Crippen molar-refractivity contribution in [2.45, 2.75) is 52.4 Å². The van der Waals surface area contributed by atoms with Gasteiger partial charge in [0.2, 0.25) is 0 Å². The number of aromatic nitrogens is 4. The van der Waals surface area contributed by atoms with Crippen molar-refractivity contribution in [3.05, 3.63) is 41.6 Å². The highest BCUT2D eigenvalue weighted by molar-refractivity contribution is 7.91. The Morgan fingerprint density at radius 3 is 2.43 bits per heavy atom. The van der Waals surface area contributed by atoms with Crippen molar-refractivity contribution in [2.24, 2.45) is 18.5 Å². The maximum atomic E-state index is 12.6. The molecule has 4 rings (SSSR count). The summed E-state index contributed by atoms with van der Waals surface area (Å²) in [4.78, 5) is 22.2. The largest absolute Gasteiger partial charge is 0.591 e. The van der Waals surface area contributed by atoms with Gasteiger partial charge in [0.15, 0.2) is 5.82 Å². The number of rotatable bonds is 6. The highest BCUT2D eigenvalue weighted by Crippen LogP contribution is 2.33. The zero-order chi connectivity index (χ0) is 27.2. The van der Waals surface area contributed by atoms with Crippen LogP contribution in [0.5, 0.6) is 5.75 Å². The number of nitrogens with zero attached hydrogens (tertiary/aromatic N) is 5. The van der Waals surface area contributed by atoms with Crippen LogP contribution < -0.4 is 4.74 Å². The molecule has 10 heteroatoms. The van der Waals surface area contributed by atoms with E-state index in [0.29, 0.717) is 34.1 Å². The molecule has 1 aromatic carbocycles. The van der Waals surface area contributed by atoms with Gasteiger partial charge in [-0.3, -0.25) is 0 Å². The van der Waals surface area contributed by atoms with E-state index in [9.17, 15) is 9.35 Å². The molecule has 0 aliphatic carbocycles. The van der Waals surface area contributed by atoms with Crippen LogP contribution >= 0.6 is 0 Å². The second kappa shape index (κ2) is 9.83. The van der Waals surface area contributed by atoms with Crippen LogP contribution in [0.3, 0.4) is 0 Å². The highest BCUT2D eigenvalue weighted by atomic mass is 32.2. The standard InChI is InChI=1S/C27H33N5O4S/c1-15(2)36-26(33)18-12-20-23(22(14-18)35-9)32(8)25(29-20)21-13-17-10-11-19(28-24(17)31(21)7)16(3)30-37(34)27(4,5)6/h10-15H,1-9H3. The molecule has 0 spiro atoms. The molecule has 0 N–H and O–H groups in total. The van der Waals surface area contributed by atoms with E-state index in [1.54, 1.807) is 19.2 Å². The molecule has 196 valence electrons. The van der Waals surface area contributed by atoms with Gasteiger partial charge in [-0.2, -0.15) is 0 Å². The Bertz CT molecular complexity index is 1530. The molecule has 0 amide bonds. The first-order chi connectivity index (χ1) is 17.3. The van der Waals surface area contributed by atoms with Gasteiger partial charge in [-0.15, -0.1) is 0 Å². The molecular weight excluding hydrogens is 490 g/mol. The average Bonchev–Trinajstić information content (AvgIpc) is 3.33. The number of aryl methyl sites for hydroxylation is 2. The lowest BCUT2D eigenvalue weighted by atomic mass is 10.2. The number of methoxy groups -OCH3 is 1. The van der Waals surface area contributed by atoms with Gasteiger partial charge in [0.05, 0.1) is 35.7 Å². The van der Waals surface area contributed by atoms with E-state index in [0.717, 1.165) is 22.2 Å². The van der Waals surface area contributed by atoms with Crippen LogP contribution in [-0.4, -0.2) is 53.3 Å². The third kappa shape index (κ3) is 5.08. The van der Waals surface area contributed by atoms with Crippen molar-refractivity contribution in [2.75, 3.05) is 7.11 Å². The lowest BCUT2D eigenvalue weighted by molar-refractivity contribution is 0.0377. The van der Waals surface area contributed by atoms with Crippen LogP contribution in [-0.2, 0) is 30.2 Å². The number of pyridine rings is 1. The Balaban J connectivity index is 1.81. The minimum Gasteiger partial charge on any atom is -0.591 e. The predicted molar refractivity (Wildman–Crippen MR) is 148 cm³/mol. The van der Waals surface area contributed by atoms with E-state index in [-0.39, 0.29) is 6.10 Å². The third-order valence-corrected chi connectivity index (χ3v) is 7.44. The second-order valence-corrected chi connectivity index (χ2v) is 12.1. The number of hydrogen-bond acceptors (Lipinski definition) is 7. The maximum absolute atomic E-state index is 12.6. The maximum Gasteiger partial charge on any atom is 0.338 e. The number of esters is 1. The monoisotopic (exact) mass is 523 g/mol. The Hall–Kier alpha value is -3.37. The smallest absolute Gasteiger partial charge is 0.338 e. The average molecular weight is 524 g/mol. The van der Waals surface area contributed by atoms with Gasteiger partial charge in [0, 0.05) is 19.5 Å². The molecule has 9 nitrogen and oxygen atoms in total. The van der Waals surface area contributed by atoms with Crippen molar-refractivity contribution < 1.29 is 18.8 Å². The highest BCUT2D eigenvalue weighted by Gasteiger charge is 2.27. The van der Waals surface area contributed by atoms with E-state index in [1.807, 2.05) is 83.0 Å². The molecule has 0 fully saturated rings. The molecule has 0 aliphatic rings. The van der Waals surface area contributed by atoms with Crippen LogP contribution in [0.25, 0.3) is 33.6 Å². The van der Waals surface area contributed by atoms with E-state index >= 15 is 0 Å². The third-order valence-electron chi connectivity index (χ3n) is 5.95. The fraction of sp³-hybridized carbons (Fsp3) is 0.407. The molecule has 0 radical (unpaired) electrons. The quantitative estimate of drug-likeness (QED) is 0.201. The summed E-state index contributed by atoms with van der Waals surface area (Å²) in [5.74, 6) is 0.810. The van der Waals surface area contributed by atoms with Crippen LogP contribution in [0, 0.1) is 0 Å². The zero-order valence-corrected chi connectivity index (χ0v) is 23.6. The topological polar surface area (TPSA) is 107 Å². The van der Waals surface area contributed by atoms with Gasteiger partial charge in [-0.25, -0.2) is 14.8 Å². The molecule has 1 unspecified atom stereocenters. The van der Waals surface area contributed by atoms with E-state index in [2.05, 4.69) is 4.40 Å². The fourth-order valence-electron chi connectivity index (χ4n) is 4.02. The van der Waals surface area contributed by atoms with Crippen LogP contribution in [0.2, 0.25) is 0 Å². The number of carbonyl (C=O) groups excluding carboxylic acids is 1. The van der Waals surface area contributed by atoms with Crippen molar-refractivity contribution in [3.8, 4) is 17.3 Å². The molecule has 0 aliphatic heterocycles. The van der Waals surface area contributed by atoms with E-state index < -0.39 is 22.1 Å². The molecule has 1 atom stereocenters. The molecule has 3 heterocycles. The summed E-state index contributed by atoms with van der Waals surface area (Å²) in [6, 6.07) is 9.28. The summed E-state index contributed by atoms with van der Waals surface area (Å²) in [6.07, 6.45) is -0.233. The lowest BCUT2D eigenvalue weighted by Crippen LogP contribution is -2.26. The molecule has 0 saturated carbocycles. The minimum atomic E-state index is -1.37. The van der Waals surface area contributed by atoms with Crippen molar-refractivity contribution in [3.63, 3.8) is 0 Å². The van der Waals surface area contributed by atoms with Crippen LogP contribution in [0.4, 0.5) is 0 Å². The molecule has 0 saturated heterocycles. The molecule has 0 bridgehead atoms. The molecule has 3 aromatic heterocycles. The summed E-state index contributed by atoms with van der Waals surface area (Å²) in [5.41, 5.74) is 4.66.